The zero-order valence-corrected chi connectivity index (χ0v) is 7.87. The maximum Gasteiger partial charge on any atom is 0.307 e. The van der Waals surface area contributed by atoms with Crippen molar-refractivity contribution in [3.8, 4) is 0 Å². The van der Waals surface area contributed by atoms with E-state index in [1.165, 1.54) is 0 Å². The average molecular weight is 168 g/mol. The van der Waals surface area contributed by atoms with E-state index in [0.717, 1.165) is 5.57 Å². The maximum atomic E-state index is 10.6. The minimum Gasteiger partial charge on any atom is -0.481 e. The van der Waals surface area contributed by atoms with E-state index in [1.807, 2.05) is 19.9 Å². The van der Waals surface area contributed by atoms with Crippen molar-refractivity contribution in [3.63, 3.8) is 0 Å². The Hall–Kier alpha value is -1.05. The first-order valence-electron chi connectivity index (χ1n) is 3.99. The van der Waals surface area contributed by atoms with E-state index in [-0.39, 0.29) is 5.92 Å². The zero-order chi connectivity index (χ0) is 9.72. The third-order valence-electron chi connectivity index (χ3n) is 1.76. The van der Waals surface area contributed by atoms with Gasteiger partial charge in [-0.1, -0.05) is 24.6 Å². The molecule has 0 aliphatic carbocycles. The molecule has 0 radical (unpaired) electrons. The summed E-state index contributed by atoms with van der Waals surface area (Å²) < 4.78 is 0. The lowest BCUT2D eigenvalue weighted by atomic mass is 9.92. The molecule has 0 fully saturated rings. The number of carboxylic acid groups (broad SMARTS) is 1. The van der Waals surface area contributed by atoms with Crippen LogP contribution in [-0.4, -0.2) is 11.1 Å². The molecule has 0 spiro atoms. The van der Waals surface area contributed by atoms with Crippen molar-refractivity contribution in [2.45, 2.75) is 20.8 Å². The number of allylic oxidation sites excluding steroid dienone is 3. The zero-order valence-electron chi connectivity index (χ0n) is 7.87. The quantitative estimate of drug-likeness (QED) is 0.655. The van der Waals surface area contributed by atoms with Crippen LogP contribution in [0.25, 0.3) is 0 Å². The molecule has 68 valence electrons. The molecule has 2 heteroatoms. The fourth-order valence-corrected chi connectivity index (χ4v) is 0.966. The van der Waals surface area contributed by atoms with Crippen molar-refractivity contribution < 1.29 is 9.90 Å². The molecule has 12 heavy (non-hydrogen) atoms. The first-order valence-corrected chi connectivity index (χ1v) is 3.99. The van der Waals surface area contributed by atoms with Crippen LogP contribution in [0.2, 0.25) is 0 Å². The Bertz CT molecular complexity index is 200. The van der Waals surface area contributed by atoms with Gasteiger partial charge in [0.05, 0.1) is 5.92 Å². The predicted molar refractivity (Wildman–Crippen MR) is 49.9 cm³/mol. The third kappa shape index (κ3) is 3.37. The van der Waals surface area contributed by atoms with Crippen molar-refractivity contribution in [2.75, 3.05) is 0 Å². The van der Waals surface area contributed by atoms with Gasteiger partial charge in [-0.15, -0.1) is 6.58 Å². The molecule has 0 heterocycles. The normalized spacial score (nSPS) is 14.6. The van der Waals surface area contributed by atoms with Gasteiger partial charge in [-0.25, -0.2) is 0 Å². The molecule has 2 atom stereocenters. The molecule has 1 N–H and O–H groups in total. The number of hydrogen-bond donors (Lipinski definition) is 1. The van der Waals surface area contributed by atoms with E-state index in [9.17, 15) is 4.79 Å². The van der Waals surface area contributed by atoms with E-state index >= 15 is 0 Å². The van der Waals surface area contributed by atoms with Crippen molar-refractivity contribution in [1.29, 1.82) is 0 Å². The summed E-state index contributed by atoms with van der Waals surface area (Å²) in [5.41, 5.74) is 1.12. The van der Waals surface area contributed by atoms with E-state index in [4.69, 9.17) is 5.11 Å². The van der Waals surface area contributed by atoms with Crippen LogP contribution < -0.4 is 0 Å². The summed E-state index contributed by atoms with van der Waals surface area (Å²) in [6, 6.07) is 0. The van der Waals surface area contributed by atoms with E-state index in [1.54, 1.807) is 13.0 Å². The molecule has 0 rings (SSSR count). The molecular formula is C10H16O2. The minimum absolute atomic E-state index is 0.0625. The van der Waals surface area contributed by atoms with Crippen molar-refractivity contribution in [1.82, 2.24) is 0 Å². The SMILES string of the molecule is C=C[C@H](C=C(C)C)[C@@H](C)C(=O)O. The number of rotatable bonds is 4. The molecule has 0 saturated carbocycles. The highest BCUT2D eigenvalue weighted by atomic mass is 16.4. The van der Waals surface area contributed by atoms with E-state index in [0.29, 0.717) is 0 Å². The molecule has 0 aromatic heterocycles. The Balaban J connectivity index is 4.45. The molecule has 0 amide bonds. The number of carboxylic acids is 1. The second-order valence-electron chi connectivity index (χ2n) is 3.18. The van der Waals surface area contributed by atoms with Gasteiger partial charge in [0, 0.05) is 5.92 Å². The molecule has 2 nitrogen and oxygen atoms in total. The summed E-state index contributed by atoms with van der Waals surface area (Å²) in [5.74, 6) is -1.23. The lowest BCUT2D eigenvalue weighted by molar-refractivity contribution is -0.141. The molecule has 0 saturated heterocycles. The van der Waals surface area contributed by atoms with Gasteiger partial charge in [-0.05, 0) is 13.8 Å². The smallest absolute Gasteiger partial charge is 0.307 e. The summed E-state index contributed by atoms with van der Waals surface area (Å²) >= 11 is 0. The number of hydrogen-bond acceptors (Lipinski definition) is 1. The molecule has 0 aromatic rings. The largest absolute Gasteiger partial charge is 0.481 e. The second kappa shape index (κ2) is 4.75. The number of aliphatic carboxylic acids is 1. The minimum atomic E-state index is -0.780. The van der Waals surface area contributed by atoms with Gasteiger partial charge in [-0.2, -0.15) is 0 Å². The standard InChI is InChI=1S/C10H16O2/c1-5-9(6-7(2)3)8(4)10(11)12/h5-6,8-9H,1H2,2-4H3,(H,11,12)/t8-,9-/m1/s1. The summed E-state index contributed by atoms with van der Waals surface area (Å²) in [5, 5.41) is 8.72. The van der Waals surface area contributed by atoms with Gasteiger partial charge in [0.1, 0.15) is 0 Å². The molecule has 0 aromatic carbocycles. The molecule has 0 aliphatic rings. The van der Waals surface area contributed by atoms with Gasteiger partial charge in [0.15, 0.2) is 0 Å². The predicted octanol–water partition coefficient (Wildman–Crippen LogP) is 2.48. The summed E-state index contributed by atoms with van der Waals surface area (Å²) in [7, 11) is 0. The van der Waals surface area contributed by atoms with Crippen LogP contribution in [-0.2, 0) is 4.79 Å². The lowest BCUT2D eigenvalue weighted by Gasteiger charge is -2.12. The molecule has 0 aliphatic heterocycles. The first kappa shape index (κ1) is 11.0. The lowest BCUT2D eigenvalue weighted by Crippen LogP contribution is -2.17. The molecule has 0 bridgehead atoms. The Morgan fingerprint density at radius 2 is 2.00 bits per heavy atom. The van der Waals surface area contributed by atoms with Crippen molar-refractivity contribution >= 4 is 5.97 Å². The van der Waals surface area contributed by atoms with Gasteiger partial charge in [0.2, 0.25) is 0 Å². The van der Waals surface area contributed by atoms with Crippen LogP contribution >= 0.6 is 0 Å². The summed E-state index contributed by atoms with van der Waals surface area (Å²) in [6.45, 7) is 9.20. The Labute approximate surface area is 73.6 Å². The van der Waals surface area contributed by atoms with Crippen LogP contribution in [0.4, 0.5) is 0 Å². The van der Waals surface area contributed by atoms with Crippen molar-refractivity contribution in [3.05, 3.63) is 24.3 Å². The van der Waals surface area contributed by atoms with Crippen molar-refractivity contribution in [2.24, 2.45) is 11.8 Å². The van der Waals surface area contributed by atoms with Crippen LogP contribution in [0.15, 0.2) is 24.3 Å². The Kier molecular flexibility index (Phi) is 4.34. The van der Waals surface area contributed by atoms with Crippen LogP contribution in [0.5, 0.6) is 0 Å². The molecule has 0 unspecified atom stereocenters. The molecular weight excluding hydrogens is 152 g/mol. The van der Waals surface area contributed by atoms with Gasteiger partial charge in [0.25, 0.3) is 0 Å². The van der Waals surface area contributed by atoms with Gasteiger partial charge < -0.3 is 5.11 Å². The fourth-order valence-electron chi connectivity index (χ4n) is 0.966. The van der Waals surface area contributed by atoms with Gasteiger partial charge >= 0.3 is 5.97 Å². The highest BCUT2D eigenvalue weighted by Crippen LogP contribution is 2.16. The first-order chi connectivity index (χ1) is 5.49. The van der Waals surface area contributed by atoms with E-state index < -0.39 is 11.9 Å². The van der Waals surface area contributed by atoms with Crippen LogP contribution in [0.1, 0.15) is 20.8 Å². The Morgan fingerprint density at radius 1 is 1.50 bits per heavy atom. The highest BCUT2D eigenvalue weighted by Gasteiger charge is 2.18. The average Bonchev–Trinajstić information content (AvgIpc) is 1.98. The second-order valence-corrected chi connectivity index (χ2v) is 3.18. The van der Waals surface area contributed by atoms with Crippen LogP contribution in [0.3, 0.4) is 0 Å². The summed E-state index contributed by atoms with van der Waals surface area (Å²) in [4.78, 5) is 10.6. The third-order valence-corrected chi connectivity index (χ3v) is 1.76. The Morgan fingerprint density at radius 3 is 2.25 bits per heavy atom. The monoisotopic (exact) mass is 168 g/mol. The van der Waals surface area contributed by atoms with Crippen LogP contribution in [0, 0.1) is 11.8 Å². The fraction of sp³-hybridized carbons (Fsp3) is 0.500. The van der Waals surface area contributed by atoms with E-state index in [2.05, 4.69) is 6.58 Å². The number of carbonyl (C=O) groups is 1. The maximum absolute atomic E-state index is 10.6. The topological polar surface area (TPSA) is 37.3 Å². The summed E-state index contributed by atoms with van der Waals surface area (Å²) in [6.07, 6.45) is 3.59. The van der Waals surface area contributed by atoms with Gasteiger partial charge in [-0.3, -0.25) is 4.79 Å². The highest BCUT2D eigenvalue weighted by molar-refractivity contribution is 5.70.